The number of nitrogens with one attached hydrogen (secondary N) is 1. The third-order valence-electron chi connectivity index (χ3n) is 5.04. The summed E-state index contributed by atoms with van der Waals surface area (Å²) < 4.78 is 0. The summed E-state index contributed by atoms with van der Waals surface area (Å²) in [6.45, 7) is 1.09. The first-order valence-electron chi connectivity index (χ1n) is 8.75. The van der Waals surface area contributed by atoms with Crippen LogP contribution in [0.3, 0.4) is 0 Å². The number of amides is 1. The normalized spacial score (nSPS) is 15.3. The number of rotatable bonds is 3. The first-order valence-corrected chi connectivity index (χ1v) is 9.51. The molecule has 5 nitrogen and oxygen atoms in total. The van der Waals surface area contributed by atoms with Gasteiger partial charge in [0.05, 0.1) is 15.6 Å². The molecule has 1 amide bonds. The van der Waals surface area contributed by atoms with Crippen molar-refractivity contribution < 1.29 is 9.59 Å². The van der Waals surface area contributed by atoms with Gasteiger partial charge in [-0.25, -0.2) is 4.98 Å². The number of halogens is 2. The van der Waals surface area contributed by atoms with Gasteiger partial charge < -0.3 is 9.88 Å². The van der Waals surface area contributed by atoms with E-state index in [9.17, 15) is 9.59 Å². The number of hydrogen-bond donors (Lipinski definition) is 1. The van der Waals surface area contributed by atoms with Crippen molar-refractivity contribution >= 4 is 45.9 Å². The van der Waals surface area contributed by atoms with Gasteiger partial charge in [-0.15, -0.1) is 0 Å². The summed E-state index contributed by atoms with van der Waals surface area (Å²) in [5, 5.41) is 1.63. The number of aromatic nitrogens is 2. The van der Waals surface area contributed by atoms with Gasteiger partial charge in [0, 0.05) is 42.4 Å². The monoisotopic (exact) mass is 401 g/mol. The molecular formula is C20H17Cl2N3O2. The highest BCUT2D eigenvalue weighted by atomic mass is 35.5. The minimum Gasteiger partial charge on any atom is -0.345 e. The molecule has 0 bridgehead atoms. The third kappa shape index (κ3) is 3.45. The molecule has 0 saturated carbocycles. The van der Waals surface area contributed by atoms with Gasteiger partial charge in [-0.1, -0.05) is 23.2 Å². The van der Waals surface area contributed by atoms with Gasteiger partial charge >= 0.3 is 0 Å². The van der Waals surface area contributed by atoms with Crippen LogP contribution in [0.5, 0.6) is 0 Å². The zero-order valence-corrected chi connectivity index (χ0v) is 15.9. The number of Topliss-reactive ketones (excluding diaryl/α,β-unsaturated/α-hetero) is 1. The molecule has 1 N–H and O–H groups in total. The van der Waals surface area contributed by atoms with Gasteiger partial charge in [0.2, 0.25) is 0 Å². The van der Waals surface area contributed by atoms with E-state index in [1.807, 2.05) is 12.1 Å². The second-order valence-electron chi connectivity index (χ2n) is 6.66. The lowest BCUT2D eigenvalue weighted by Gasteiger charge is -2.31. The summed E-state index contributed by atoms with van der Waals surface area (Å²) in [6.07, 6.45) is 4.65. The van der Waals surface area contributed by atoms with Gasteiger partial charge in [0.1, 0.15) is 5.65 Å². The molecule has 1 aromatic carbocycles. The van der Waals surface area contributed by atoms with Crippen LogP contribution in [0.4, 0.5) is 0 Å². The first-order chi connectivity index (χ1) is 13.0. The summed E-state index contributed by atoms with van der Waals surface area (Å²) in [5.74, 6) is -0.0948. The van der Waals surface area contributed by atoms with E-state index in [1.165, 1.54) is 0 Å². The van der Waals surface area contributed by atoms with Crippen LogP contribution in [-0.4, -0.2) is 39.6 Å². The van der Waals surface area contributed by atoms with Crippen molar-refractivity contribution in [2.75, 3.05) is 13.1 Å². The highest BCUT2D eigenvalue weighted by Crippen LogP contribution is 2.28. The van der Waals surface area contributed by atoms with E-state index in [2.05, 4.69) is 9.97 Å². The number of fused-ring (bicyclic) bond motifs is 1. The Balaban J connectivity index is 1.44. The number of ketones is 1. The van der Waals surface area contributed by atoms with E-state index in [4.69, 9.17) is 23.2 Å². The van der Waals surface area contributed by atoms with Gasteiger partial charge in [0.25, 0.3) is 5.91 Å². The number of nitrogens with zero attached hydrogens (tertiary/aromatic N) is 2. The maximum Gasteiger partial charge on any atom is 0.256 e. The molecule has 1 saturated heterocycles. The highest BCUT2D eigenvalue weighted by Gasteiger charge is 2.29. The topological polar surface area (TPSA) is 66.1 Å². The minimum absolute atomic E-state index is 0.0327. The molecular weight excluding hydrogens is 385 g/mol. The number of benzene rings is 1. The standard InChI is InChI=1S/C20H17Cl2N3O2/c21-16-4-3-13(10-17(16)22)18(26)12-5-8-25(9-6-12)20(27)15-11-24-19-14(15)2-1-7-23-19/h1-4,7,10-12H,5-6,8-9H2,(H,23,24). The molecule has 7 heteroatoms. The molecule has 4 rings (SSSR count). The van der Waals surface area contributed by atoms with Crippen molar-refractivity contribution in [1.29, 1.82) is 0 Å². The van der Waals surface area contributed by atoms with Crippen molar-refractivity contribution in [3.05, 3.63) is 63.9 Å². The molecule has 1 fully saturated rings. The largest absolute Gasteiger partial charge is 0.345 e. The Morgan fingerprint density at radius 1 is 1.11 bits per heavy atom. The molecule has 2 aromatic heterocycles. The maximum absolute atomic E-state index is 12.9. The predicted molar refractivity (Wildman–Crippen MR) is 106 cm³/mol. The van der Waals surface area contributed by atoms with Crippen molar-refractivity contribution in [3.8, 4) is 0 Å². The first kappa shape index (κ1) is 18.0. The van der Waals surface area contributed by atoms with Crippen LogP contribution < -0.4 is 0 Å². The predicted octanol–water partition coefficient (Wildman–Crippen LogP) is 4.60. The molecule has 0 atom stereocenters. The Kier molecular flexibility index (Phi) is 4.89. The number of hydrogen-bond acceptors (Lipinski definition) is 3. The molecule has 1 aliphatic rings. The van der Waals surface area contributed by atoms with Crippen molar-refractivity contribution in [1.82, 2.24) is 14.9 Å². The number of piperidine rings is 1. The van der Waals surface area contributed by atoms with E-state index in [0.717, 1.165) is 5.39 Å². The van der Waals surface area contributed by atoms with E-state index in [1.54, 1.807) is 35.5 Å². The second kappa shape index (κ2) is 7.33. The molecule has 0 unspecified atom stereocenters. The van der Waals surface area contributed by atoms with E-state index >= 15 is 0 Å². The maximum atomic E-state index is 12.9. The Morgan fingerprint density at radius 3 is 2.63 bits per heavy atom. The summed E-state index contributed by atoms with van der Waals surface area (Å²) in [7, 11) is 0. The number of aromatic amines is 1. The molecule has 138 valence electrons. The molecule has 0 spiro atoms. The SMILES string of the molecule is O=C(c1ccc(Cl)c(Cl)c1)C1CCN(C(=O)c2c[nH]c3ncccc23)CC1. The van der Waals surface area contributed by atoms with E-state index < -0.39 is 0 Å². The number of carbonyl (C=O) groups excluding carboxylic acids is 2. The number of likely N-dealkylation sites (tertiary alicyclic amines) is 1. The molecule has 27 heavy (non-hydrogen) atoms. The molecule has 0 radical (unpaired) electrons. The molecule has 1 aliphatic heterocycles. The molecule has 3 aromatic rings. The van der Waals surface area contributed by atoms with Crippen LogP contribution in [0.2, 0.25) is 10.0 Å². The second-order valence-corrected chi connectivity index (χ2v) is 7.48. The fourth-order valence-corrected chi connectivity index (χ4v) is 3.83. The smallest absolute Gasteiger partial charge is 0.256 e. The Labute approximate surface area is 166 Å². The summed E-state index contributed by atoms with van der Waals surface area (Å²) >= 11 is 11.9. The average molecular weight is 402 g/mol. The molecule has 3 heterocycles. The van der Waals surface area contributed by atoms with E-state index in [0.29, 0.717) is 52.8 Å². The van der Waals surface area contributed by atoms with E-state index in [-0.39, 0.29) is 17.6 Å². The lowest BCUT2D eigenvalue weighted by atomic mass is 9.88. The van der Waals surface area contributed by atoms with Crippen molar-refractivity contribution in [2.24, 2.45) is 5.92 Å². The summed E-state index contributed by atoms with van der Waals surface area (Å²) in [4.78, 5) is 34.6. The fraction of sp³-hybridized carbons (Fsp3) is 0.250. The Morgan fingerprint density at radius 2 is 1.89 bits per heavy atom. The highest BCUT2D eigenvalue weighted by molar-refractivity contribution is 6.42. The van der Waals surface area contributed by atoms with Crippen LogP contribution in [-0.2, 0) is 0 Å². The number of pyridine rings is 1. The van der Waals surface area contributed by atoms with Crippen molar-refractivity contribution in [2.45, 2.75) is 12.8 Å². The quantitative estimate of drug-likeness (QED) is 0.651. The van der Waals surface area contributed by atoms with Crippen LogP contribution in [0.15, 0.2) is 42.7 Å². The minimum atomic E-state index is -0.115. The summed E-state index contributed by atoms with van der Waals surface area (Å²) in [6, 6.07) is 8.65. The van der Waals surface area contributed by atoms with Crippen LogP contribution >= 0.6 is 23.2 Å². The van der Waals surface area contributed by atoms with Gasteiger partial charge in [-0.2, -0.15) is 0 Å². The zero-order chi connectivity index (χ0) is 19.0. The van der Waals surface area contributed by atoms with Crippen LogP contribution in [0, 0.1) is 5.92 Å². The lowest BCUT2D eigenvalue weighted by molar-refractivity contribution is 0.0652. The van der Waals surface area contributed by atoms with Gasteiger partial charge in [-0.3, -0.25) is 9.59 Å². The molecule has 0 aliphatic carbocycles. The Bertz CT molecular complexity index is 1020. The lowest BCUT2D eigenvalue weighted by Crippen LogP contribution is -2.40. The Hall–Kier alpha value is -2.37. The van der Waals surface area contributed by atoms with Crippen LogP contribution in [0.25, 0.3) is 11.0 Å². The number of H-pyrrole nitrogens is 1. The average Bonchev–Trinajstić information content (AvgIpc) is 3.13. The van der Waals surface area contributed by atoms with Gasteiger partial charge in [-0.05, 0) is 43.2 Å². The number of carbonyl (C=O) groups is 2. The summed E-state index contributed by atoms with van der Waals surface area (Å²) in [5.41, 5.74) is 1.88. The van der Waals surface area contributed by atoms with Gasteiger partial charge in [0.15, 0.2) is 5.78 Å². The van der Waals surface area contributed by atoms with Crippen LogP contribution in [0.1, 0.15) is 33.6 Å². The third-order valence-corrected chi connectivity index (χ3v) is 5.78. The fourth-order valence-electron chi connectivity index (χ4n) is 3.53. The zero-order valence-electron chi connectivity index (χ0n) is 14.4. The van der Waals surface area contributed by atoms with Crippen molar-refractivity contribution in [3.63, 3.8) is 0 Å².